The Morgan fingerprint density at radius 2 is 1.33 bits per heavy atom. The Hall–Kier alpha value is -2.21. The summed E-state index contributed by atoms with van der Waals surface area (Å²) >= 11 is 0. The molecule has 0 aliphatic heterocycles. The van der Waals surface area contributed by atoms with Crippen molar-refractivity contribution in [1.29, 1.82) is 0 Å². The van der Waals surface area contributed by atoms with Gasteiger partial charge in [-0.05, 0) is 24.3 Å². The molecule has 0 aliphatic carbocycles. The summed E-state index contributed by atoms with van der Waals surface area (Å²) in [6.45, 7) is 0. The fourth-order valence-electron chi connectivity index (χ4n) is 1.48. The third-order valence-electron chi connectivity index (χ3n) is 2.41. The monoisotopic (exact) mass is 263 g/mol. The van der Waals surface area contributed by atoms with Gasteiger partial charge in [0.1, 0.15) is 0 Å². The predicted molar refractivity (Wildman–Crippen MR) is 65.0 cm³/mol. The fourth-order valence-corrected chi connectivity index (χ4v) is 2.76. The van der Waals surface area contributed by atoms with E-state index in [0.717, 1.165) is 0 Å². The zero-order valence-corrected chi connectivity index (χ0v) is 10.0. The zero-order chi connectivity index (χ0) is 13.2. The van der Waals surface area contributed by atoms with E-state index in [-0.39, 0.29) is 15.5 Å². The summed E-state index contributed by atoms with van der Waals surface area (Å²) in [6, 6.07) is 12.8. The van der Waals surface area contributed by atoms with Crippen LogP contribution >= 0.6 is 0 Å². The van der Waals surface area contributed by atoms with Crippen LogP contribution in [0.2, 0.25) is 0 Å². The highest BCUT2D eigenvalue weighted by Crippen LogP contribution is 2.22. The van der Waals surface area contributed by atoms with Crippen molar-refractivity contribution in [3.63, 3.8) is 0 Å². The Bertz CT molecular complexity index is 663. The number of nitro groups is 1. The molecular weight excluding hydrogens is 254 g/mol. The molecule has 5 nitrogen and oxygen atoms in total. The first-order valence-corrected chi connectivity index (χ1v) is 6.55. The summed E-state index contributed by atoms with van der Waals surface area (Å²) in [5.41, 5.74) is -0.137. The molecule has 2 rings (SSSR count). The maximum atomic E-state index is 12.1. The summed E-state index contributed by atoms with van der Waals surface area (Å²) in [7, 11) is -3.60. The van der Waals surface area contributed by atoms with Crippen LogP contribution in [0.5, 0.6) is 0 Å². The number of nitro benzene ring substituents is 1. The Morgan fingerprint density at radius 3 is 1.83 bits per heavy atom. The highest BCUT2D eigenvalue weighted by Gasteiger charge is 2.18. The van der Waals surface area contributed by atoms with Gasteiger partial charge in [-0.1, -0.05) is 18.2 Å². The van der Waals surface area contributed by atoms with Crippen LogP contribution in [0.3, 0.4) is 0 Å². The van der Waals surface area contributed by atoms with Gasteiger partial charge in [0.2, 0.25) is 9.84 Å². The zero-order valence-electron chi connectivity index (χ0n) is 9.18. The minimum Gasteiger partial charge on any atom is -0.258 e. The third kappa shape index (κ3) is 2.23. The molecule has 0 saturated heterocycles. The molecule has 0 atom stereocenters. The summed E-state index contributed by atoms with van der Waals surface area (Å²) in [6.07, 6.45) is 0. The first kappa shape index (κ1) is 12.3. The van der Waals surface area contributed by atoms with E-state index in [1.54, 1.807) is 18.2 Å². The topological polar surface area (TPSA) is 77.3 Å². The second-order valence-corrected chi connectivity index (χ2v) is 5.52. The minimum absolute atomic E-state index is 0.0410. The molecule has 0 radical (unpaired) electrons. The van der Waals surface area contributed by atoms with Gasteiger partial charge < -0.3 is 0 Å². The summed E-state index contributed by atoms with van der Waals surface area (Å²) in [5, 5.41) is 10.5. The van der Waals surface area contributed by atoms with Gasteiger partial charge in [0.15, 0.2) is 0 Å². The molecule has 0 spiro atoms. The summed E-state index contributed by atoms with van der Waals surface area (Å²) < 4.78 is 24.3. The van der Waals surface area contributed by atoms with E-state index in [2.05, 4.69) is 0 Å². The van der Waals surface area contributed by atoms with Crippen LogP contribution in [0.1, 0.15) is 0 Å². The van der Waals surface area contributed by atoms with Gasteiger partial charge in [0.25, 0.3) is 5.69 Å². The Balaban J connectivity index is 2.46. The van der Waals surface area contributed by atoms with Crippen molar-refractivity contribution in [3.8, 4) is 0 Å². The van der Waals surface area contributed by atoms with E-state index in [9.17, 15) is 18.5 Å². The van der Waals surface area contributed by atoms with Crippen molar-refractivity contribution in [1.82, 2.24) is 0 Å². The molecule has 0 amide bonds. The predicted octanol–water partition coefficient (Wildman–Crippen LogP) is 2.43. The van der Waals surface area contributed by atoms with Crippen LogP contribution in [0, 0.1) is 10.1 Å². The average Bonchev–Trinajstić information content (AvgIpc) is 2.40. The molecule has 6 heteroatoms. The molecule has 2 aromatic rings. The molecule has 0 fully saturated rings. The van der Waals surface area contributed by atoms with E-state index < -0.39 is 14.8 Å². The number of rotatable bonds is 3. The standard InChI is InChI=1S/C12H9NO4S/c14-13(15)10-6-8-12(9-7-10)18(16,17)11-4-2-1-3-5-11/h1-9H. The third-order valence-corrected chi connectivity index (χ3v) is 4.20. The lowest BCUT2D eigenvalue weighted by Crippen LogP contribution is -2.01. The molecule has 0 unspecified atom stereocenters. The first-order valence-electron chi connectivity index (χ1n) is 5.06. The fraction of sp³-hybridized carbons (Fsp3) is 0. The Morgan fingerprint density at radius 1 is 0.833 bits per heavy atom. The largest absolute Gasteiger partial charge is 0.269 e. The molecule has 0 N–H and O–H groups in total. The van der Waals surface area contributed by atoms with Crippen molar-refractivity contribution in [3.05, 3.63) is 64.7 Å². The number of hydrogen-bond acceptors (Lipinski definition) is 4. The first-order chi connectivity index (χ1) is 8.51. The molecule has 0 aliphatic rings. The van der Waals surface area contributed by atoms with Gasteiger partial charge in [-0.15, -0.1) is 0 Å². The highest BCUT2D eigenvalue weighted by atomic mass is 32.2. The number of hydrogen-bond donors (Lipinski definition) is 0. The van der Waals surface area contributed by atoms with Gasteiger partial charge >= 0.3 is 0 Å². The van der Waals surface area contributed by atoms with Gasteiger partial charge in [-0.2, -0.15) is 0 Å². The quantitative estimate of drug-likeness (QED) is 0.629. The van der Waals surface area contributed by atoms with Crippen molar-refractivity contribution in [2.24, 2.45) is 0 Å². The molecule has 2 aromatic carbocycles. The van der Waals surface area contributed by atoms with Crippen molar-refractivity contribution in [2.75, 3.05) is 0 Å². The lowest BCUT2D eigenvalue weighted by molar-refractivity contribution is -0.384. The van der Waals surface area contributed by atoms with E-state index in [0.29, 0.717) is 0 Å². The lowest BCUT2D eigenvalue weighted by atomic mass is 10.3. The normalized spacial score (nSPS) is 11.1. The van der Waals surface area contributed by atoms with Crippen molar-refractivity contribution in [2.45, 2.75) is 9.79 Å². The van der Waals surface area contributed by atoms with Gasteiger partial charge in [0.05, 0.1) is 14.7 Å². The number of nitrogens with zero attached hydrogens (tertiary/aromatic N) is 1. The summed E-state index contributed by atoms with van der Waals surface area (Å²) in [4.78, 5) is 10.1. The van der Waals surface area contributed by atoms with Gasteiger partial charge in [-0.3, -0.25) is 10.1 Å². The number of sulfone groups is 1. The highest BCUT2D eigenvalue weighted by molar-refractivity contribution is 7.91. The van der Waals surface area contributed by atoms with E-state index in [4.69, 9.17) is 0 Å². The second kappa shape index (κ2) is 4.58. The SMILES string of the molecule is O=[N+]([O-])c1ccc(S(=O)(=O)c2ccccc2)cc1. The Kier molecular flexibility index (Phi) is 3.12. The van der Waals surface area contributed by atoms with Crippen LogP contribution in [-0.4, -0.2) is 13.3 Å². The maximum Gasteiger partial charge on any atom is 0.269 e. The molecule has 0 aromatic heterocycles. The van der Waals surface area contributed by atoms with Crippen LogP contribution in [0.15, 0.2) is 64.4 Å². The summed E-state index contributed by atoms with van der Waals surface area (Å²) in [5.74, 6) is 0. The van der Waals surface area contributed by atoms with E-state index >= 15 is 0 Å². The molecule has 0 bridgehead atoms. The Labute approximate surface area is 104 Å². The van der Waals surface area contributed by atoms with Crippen LogP contribution < -0.4 is 0 Å². The van der Waals surface area contributed by atoms with Crippen LogP contribution in [-0.2, 0) is 9.84 Å². The van der Waals surface area contributed by atoms with E-state index in [1.807, 2.05) is 0 Å². The molecule has 0 heterocycles. The van der Waals surface area contributed by atoms with Crippen LogP contribution in [0.4, 0.5) is 5.69 Å². The smallest absolute Gasteiger partial charge is 0.258 e. The average molecular weight is 263 g/mol. The minimum atomic E-state index is -3.60. The lowest BCUT2D eigenvalue weighted by Gasteiger charge is -2.03. The van der Waals surface area contributed by atoms with Crippen molar-refractivity contribution >= 4 is 15.5 Å². The molecule has 18 heavy (non-hydrogen) atoms. The molecule has 0 saturated carbocycles. The van der Waals surface area contributed by atoms with Crippen molar-refractivity contribution < 1.29 is 13.3 Å². The van der Waals surface area contributed by atoms with Crippen LogP contribution in [0.25, 0.3) is 0 Å². The second-order valence-electron chi connectivity index (χ2n) is 3.57. The molecular formula is C12H9NO4S. The van der Waals surface area contributed by atoms with E-state index in [1.165, 1.54) is 36.4 Å². The maximum absolute atomic E-state index is 12.1. The van der Waals surface area contributed by atoms with Gasteiger partial charge in [-0.25, -0.2) is 8.42 Å². The number of non-ortho nitro benzene ring substituents is 1. The molecule has 92 valence electrons. The van der Waals surface area contributed by atoms with Gasteiger partial charge in [0, 0.05) is 12.1 Å². The number of benzene rings is 2.